The zero-order valence-electron chi connectivity index (χ0n) is 9.60. The summed E-state index contributed by atoms with van der Waals surface area (Å²) in [4.78, 5) is 10.5. The molecule has 2 rings (SSSR count). The molecule has 2 aromatic heterocycles. The molecular weight excluding hydrogens is 311 g/mol. The summed E-state index contributed by atoms with van der Waals surface area (Å²) in [5.74, 6) is 0.704. The highest BCUT2D eigenvalue weighted by molar-refractivity contribution is 7.89. The second kappa shape index (κ2) is 5.87. The van der Waals surface area contributed by atoms with E-state index in [4.69, 9.17) is 23.2 Å². The predicted molar refractivity (Wildman–Crippen MR) is 71.7 cm³/mol. The smallest absolute Gasteiger partial charge is 0.242 e. The molecule has 0 aromatic carbocycles. The third kappa shape index (κ3) is 3.66. The Bertz CT molecular complexity index is 658. The monoisotopic (exact) mass is 320 g/mol. The molecule has 19 heavy (non-hydrogen) atoms. The molecule has 2 aromatic rings. The van der Waals surface area contributed by atoms with Crippen molar-refractivity contribution in [2.24, 2.45) is 0 Å². The van der Waals surface area contributed by atoms with Gasteiger partial charge in [-0.15, -0.1) is 0 Å². The first-order chi connectivity index (χ1) is 8.99. The summed E-state index contributed by atoms with van der Waals surface area (Å²) in [6.07, 6.45) is 4.89. The van der Waals surface area contributed by atoms with Crippen LogP contribution in [0.5, 0.6) is 0 Å². The summed E-state index contributed by atoms with van der Waals surface area (Å²) >= 11 is 11.4. The molecule has 0 fully saturated rings. The molecule has 0 aliphatic heterocycles. The molecule has 0 aliphatic rings. The molecule has 9 heteroatoms. The Kier molecular flexibility index (Phi) is 4.41. The lowest BCUT2D eigenvalue weighted by Gasteiger charge is -2.06. The molecule has 0 radical (unpaired) electrons. The average molecular weight is 321 g/mol. The molecule has 0 amide bonds. The van der Waals surface area contributed by atoms with Crippen molar-refractivity contribution in [2.45, 2.75) is 11.3 Å². The number of pyridine rings is 1. The minimum atomic E-state index is -3.65. The van der Waals surface area contributed by atoms with E-state index in [-0.39, 0.29) is 21.6 Å². The molecule has 0 bridgehead atoms. The van der Waals surface area contributed by atoms with Gasteiger partial charge in [-0.25, -0.2) is 23.1 Å². The summed E-state index contributed by atoms with van der Waals surface area (Å²) in [6, 6.07) is 1.26. The zero-order valence-corrected chi connectivity index (χ0v) is 11.9. The average Bonchev–Trinajstić information content (AvgIpc) is 2.85. The van der Waals surface area contributed by atoms with Crippen molar-refractivity contribution in [3.63, 3.8) is 0 Å². The molecule has 0 aliphatic carbocycles. The van der Waals surface area contributed by atoms with Gasteiger partial charge in [0.25, 0.3) is 0 Å². The van der Waals surface area contributed by atoms with Crippen LogP contribution in [0.3, 0.4) is 0 Å². The van der Waals surface area contributed by atoms with Crippen LogP contribution in [0.1, 0.15) is 5.82 Å². The molecule has 2 heterocycles. The second-order valence-electron chi connectivity index (χ2n) is 3.63. The number of hydrogen-bond acceptors (Lipinski definition) is 4. The van der Waals surface area contributed by atoms with Crippen molar-refractivity contribution in [1.82, 2.24) is 19.7 Å². The highest BCUT2D eigenvalue weighted by Crippen LogP contribution is 2.21. The van der Waals surface area contributed by atoms with E-state index in [2.05, 4.69) is 19.7 Å². The number of aromatic nitrogens is 3. The molecule has 0 atom stereocenters. The number of sulfonamides is 1. The van der Waals surface area contributed by atoms with Gasteiger partial charge in [-0.2, -0.15) is 0 Å². The summed E-state index contributed by atoms with van der Waals surface area (Å²) < 4.78 is 26.3. The number of rotatable bonds is 5. The topological polar surface area (TPSA) is 87.7 Å². The van der Waals surface area contributed by atoms with E-state index in [1.807, 2.05) is 0 Å². The van der Waals surface area contributed by atoms with E-state index in [9.17, 15) is 8.42 Å². The van der Waals surface area contributed by atoms with Crippen LogP contribution in [0.4, 0.5) is 0 Å². The maximum Gasteiger partial charge on any atom is 0.242 e. The third-order valence-electron chi connectivity index (χ3n) is 2.29. The first kappa shape index (κ1) is 14.3. The lowest BCUT2D eigenvalue weighted by Crippen LogP contribution is -2.26. The molecule has 0 saturated carbocycles. The van der Waals surface area contributed by atoms with Crippen molar-refractivity contribution in [3.8, 4) is 0 Å². The molecule has 102 valence electrons. The first-order valence-corrected chi connectivity index (χ1v) is 7.52. The van der Waals surface area contributed by atoms with E-state index in [0.717, 1.165) is 6.20 Å². The van der Waals surface area contributed by atoms with Crippen molar-refractivity contribution < 1.29 is 8.42 Å². The van der Waals surface area contributed by atoms with Gasteiger partial charge in [-0.3, -0.25) is 0 Å². The van der Waals surface area contributed by atoms with Crippen LogP contribution in [0.25, 0.3) is 0 Å². The van der Waals surface area contributed by atoms with Crippen molar-refractivity contribution in [2.75, 3.05) is 6.54 Å². The van der Waals surface area contributed by atoms with E-state index in [1.165, 1.54) is 6.07 Å². The molecule has 0 saturated heterocycles. The summed E-state index contributed by atoms with van der Waals surface area (Å²) in [5, 5.41) is 0.159. The van der Waals surface area contributed by atoms with Gasteiger partial charge in [0, 0.05) is 31.6 Å². The number of aromatic amines is 1. The van der Waals surface area contributed by atoms with Gasteiger partial charge >= 0.3 is 0 Å². The van der Waals surface area contributed by atoms with Gasteiger partial charge < -0.3 is 4.98 Å². The standard InChI is InChI=1S/C10H10Cl2N4O2S/c11-8-5-7(6-15-10(8)12)19(17,18)16-2-1-9-13-3-4-14-9/h3-6,16H,1-2H2,(H,13,14). The summed E-state index contributed by atoms with van der Waals surface area (Å²) in [5.41, 5.74) is 0. The largest absolute Gasteiger partial charge is 0.349 e. The Morgan fingerprint density at radius 1 is 1.32 bits per heavy atom. The van der Waals surface area contributed by atoms with Crippen LogP contribution >= 0.6 is 23.2 Å². The Morgan fingerprint density at radius 2 is 2.11 bits per heavy atom. The Balaban J connectivity index is 2.03. The fraction of sp³-hybridized carbons (Fsp3) is 0.200. The lowest BCUT2D eigenvalue weighted by atomic mass is 10.4. The van der Waals surface area contributed by atoms with Crippen LogP contribution in [0.15, 0.2) is 29.6 Å². The minimum Gasteiger partial charge on any atom is -0.349 e. The van der Waals surface area contributed by atoms with Gasteiger partial charge in [0.1, 0.15) is 15.9 Å². The number of halogens is 2. The van der Waals surface area contributed by atoms with Gasteiger partial charge in [0.15, 0.2) is 0 Å². The van der Waals surface area contributed by atoms with Crippen LogP contribution in [0, 0.1) is 0 Å². The fourth-order valence-electron chi connectivity index (χ4n) is 1.37. The number of imidazole rings is 1. The Morgan fingerprint density at radius 3 is 2.74 bits per heavy atom. The van der Waals surface area contributed by atoms with Crippen LogP contribution in [-0.2, 0) is 16.4 Å². The van der Waals surface area contributed by atoms with Crippen molar-refractivity contribution in [1.29, 1.82) is 0 Å². The number of nitrogens with zero attached hydrogens (tertiary/aromatic N) is 2. The SMILES string of the molecule is O=S(=O)(NCCc1ncc[nH]1)c1cnc(Cl)c(Cl)c1. The maximum absolute atomic E-state index is 11.9. The first-order valence-electron chi connectivity index (χ1n) is 5.28. The number of H-pyrrole nitrogens is 1. The third-order valence-corrected chi connectivity index (χ3v) is 4.40. The second-order valence-corrected chi connectivity index (χ2v) is 6.16. The van der Waals surface area contributed by atoms with Crippen LogP contribution < -0.4 is 4.72 Å². The number of hydrogen-bond donors (Lipinski definition) is 2. The highest BCUT2D eigenvalue weighted by Gasteiger charge is 2.15. The minimum absolute atomic E-state index is 0.0265. The normalized spacial score (nSPS) is 11.7. The van der Waals surface area contributed by atoms with Gasteiger partial charge in [0.2, 0.25) is 10.0 Å². The van der Waals surface area contributed by atoms with Crippen molar-refractivity contribution in [3.05, 3.63) is 40.7 Å². The zero-order chi connectivity index (χ0) is 13.9. The van der Waals surface area contributed by atoms with E-state index < -0.39 is 10.0 Å². The molecule has 0 unspecified atom stereocenters. The van der Waals surface area contributed by atoms with E-state index >= 15 is 0 Å². The number of nitrogens with one attached hydrogen (secondary N) is 2. The predicted octanol–water partition coefficient (Wildman–Crippen LogP) is 1.63. The quantitative estimate of drug-likeness (QED) is 0.820. The molecule has 2 N–H and O–H groups in total. The van der Waals surface area contributed by atoms with Crippen LogP contribution in [-0.4, -0.2) is 29.9 Å². The maximum atomic E-state index is 11.9. The Labute approximate surface area is 120 Å². The molecule has 6 nitrogen and oxygen atoms in total. The fourth-order valence-corrected chi connectivity index (χ4v) is 2.71. The Hall–Kier alpha value is -1.15. The summed E-state index contributed by atoms with van der Waals surface area (Å²) in [7, 11) is -3.65. The summed E-state index contributed by atoms with van der Waals surface area (Å²) in [6.45, 7) is 0.218. The van der Waals surface area contributed by atoms with E-state index in [0.29, 0.717) is 12.2 Å². The molecule has 0 spiro atoms. The highest BCUT2D eigenvalue weighted by atomic mass is 35.5. The van der Waals surface area contributed by atoms with Crippen LogP contribution in [0.2, 0.25) is 10.2 Å². The van der Waals surface area contributed by atoms with Gasteiger partial charge in [0.05, 0.1) is 5.02 Å². The van der Waals surface area contributed by atoms with E-state index in [1.54, 1.807) is 12.4 Å². The van der Waals surface area contributed by atoms with Gasteiger partial charge in [-0.1, -0.05) is 23.2 Å². The van der Waals surface area contributed by atoms with Crippen molar-refractivity contribution >= 4 is 33.2 Å². The lowest BCUT2D eigenvalue weighted by molar-refractivity contribution is 0.580. The van der Waals surface area contributed by atoms with Gasteiger partial charge in [-0.05, 0) is 6.07 Å². The molecular formula is C10H10Cl2N4O2S.